The first-order valence-electron chi connectivity index (χ1n) is 8.61. The maximum atomic E-state index is 12.2. The molecule has 0 radical (unpaired) electrons. The number of rotatable bonds is 5. The van der Waals surface area contributed by atoms with Gasteiger partial charge in [-0.3, -0.25) is 0 Å². The molecule has 0 spiro atoms. The van der Waals surface area contributed by atoms with E-state index in [9.17, 15) is 4.79 Å². The number of urea groups is 1. The minimum absolute atomic E-state index is 0.0296. The standard InChI is InChI=1S/C18H26N2O3/c21-18(19-13-17-7-4-12-22-17)20-10-8-16(9-11-20)23-14-15-5-2-1-3-6-15/h1-3,5-6,16-17H,4,7-14H2,(H,19,21)/t17-/m1/s1. The van der Waals surface area contributed by atoms with Crippen LogP contribution in [0.1, 0.15) is 31.2 Å². The van der Waals surface area contributed by atoms with Crippen LogP contribution in [0.2, 0.25) is 0 Å². The lowest BCUT2D eigenvalue weighted by atomic mass is 10.1. The van der Waals surface area contributed by atoms with Gasteiger partial charge in [-0.15, -0.1) is 0 Å². The van der Waals surface area contributed by atoms with Gasteiger partial charge in [-0.05, 0) is 31.2 Å². The summed E-state index contributed by atoms with van der Waals surface area (Å²) in [6.07, 6.45) is 4.41. The van der Waals surface area contributed by atoms with Crippen molar-refractivity contribution in [1.29, 1.82) is 0 Å². The van der Waals surface area contributed by atoms with E-state index in [1.54, 1.807) is 0 Å². The molecule has 2 aliphatic rings. The molecule has 5 nitrogen and oxygen atoms in total. The molecule has 2 aliphatic heterocycles. The summed E-state index contributed by atoms with van der Waals surface area (Å²) < 4.78 is 11.5. The molecule has 0 unspecified atom stereocenters. The van der Waals surface area contributed by atoms with Crippen LogP contribution in [0, 0.1) is 0 Å². The second-order valence-corrected chi connectivity index (χ2v) is 6.30. The Morgan fingerprint density at radius 3 is 2.70 bits per heavy atom. The number of nitrogens with zero attached hydrogens (tertiary/aromatic N) is 1. The van der Waals surface area contributed by atoms with Crippen LogP contribution < -0.4 is 5.32 Å². The predicted octanol–water partition coefficient (Wildman–Crippen LogP) is 2.56. The fourth-order valence-electron chi connectivity index (χ4n) is 3.13. The fourth-order valence-corrected chi connectivity index (χ4v) is 3.13. The SMILES string of the molecule is O=C(NC[C@H]1CCCO1)N1CCC(OCc2ccccc2)CC1. The van der Waals surface area contributed by atoms with Crippen molar-refractivity contribution in [2.75, 3.05) is 26.2 Å². The summed E-state index contributed by atoms with van der Waals surface area (Å²) in [5.74, 6) is 0. The van der Waals surface area contributed by atoms with E-state index in [1.807, 2.05) is 23.1 Å². The van der Waals surface area contributed by atoms with Crippen molar-refractivity contribution < 1.29 is 14.3 Å². The van der Waals surface area contributed by atoms with Crippen LogP contribution in [-0.2, 0) is 16.1 Å². The molecule has 2 fully saturated rings. The van der Waals surface area contributed by atoms with Crippen LogP contribution in [-0.4, -0.2) is 49.4 Å². The van der Waals surface area contributed by atoms with Gasteiger partial charge in [0.2, 0.25) is 0 Å². The number of nitrogens with one attached hydrogen (secondary N) is 1. The summed E-state index contributed by atoms with van der Waals surface area (Å²) in [7, 11) is 0. The van der Waals surface area contributed by atoms with Crippen molar-refractivity contribution in [2.45, 2.75) is 44.5 Å². The number of ether oxygens (including phenoxy) is 2. The molecule has 0 aliphatic carbocycles. The molecule has 126 valence electrons. The molecule has 2 saturated heterocycles. The van der Waals surface area contributed by atoms with Crippen LogP contribution in [0.15, 0.2) is 30.3 Å². The monoisotopic (exact) mass is 318 g/mol. The number of hydrogen-bond acceptors (Lipinski definition) is 3. The molecule has 23 heavy (non-hydrogen) atoms. The summed E-state index contributed by atoms with van der Waals surface area (Å²) in [5.41, 5.74) is 1.20. The first-order chi connectivity index (χ1) is 11.3. The Balaban J connectivity index is 1.33. The number of piperidine rings is 1. The van der Waals surface area contributed by atoms with E-state index in [0.29, 0.717) is 13.2 Å². The Hall–Kier alpha value is -1.59. The molecule has 1 N–H and O–H groups in total. The van der Waals surface area contributed by atoms with E-state index in [4.69, 9.17) is 9.47 Å². The molecule has 0 saturated carbocycles. The van der Waals surface area contributed by atoms with Gasteiger partial charge in [-0.25, -0.2) is 4.79 Å². The number of amides is 2. The lowest BCUT2D eigenvalue weighted by Gasteiger charge is -2.32. The molecule has 0 bridgehead atoms. The quantitative estimate of drug-likeness (QED) is 0.908. The highest BCUT2D eigenvalue weighted by Gasteiger charge is 2.24. The smallest absolute Gasteiger partial charge is 0.317 e. The van der Waals surface area contributed by atoms with Crippen molar-refractivity contribution >= 4 is 6.03 Å². The van der Waals surface area contributed by atoms with Crippen LogP contribution in [0.5, 0.6) is 0 Å². The predicted molar refractivity (Wildman–Crippen MR) is 88.2 cm³/mol. The van der Waals surface area contributed by atoms with E-state index in [2.05, 4.69) is 17.4 Å². The minimum atomic E-state index is 0.0296. The second kappa shape index (κ2) is 8.31. The van der Waals surface area contributed by atoms with Gasteiger partial charge in [-0.1, -0.05) is 30.3 Å². The summed E-state index contributed by atoms with van der Waals surface area (Å²) in [6, 6.07) is 10.2. The molecule has 1 atom stereocenters. The van der Waals surface area contributed by atoms with Gasteiger partial charge < -0.3 is 19.7 Å². The van der Waals surface area contributed by atoms with Crippen LogP contribution in [0.4, 0.5) is 4.79 Å². The zero-order chi connectivity index (χ0) is 15.9. The summed E-state index contributed by atoms with van der Waals surface area (Å²) in [6.45, 7) is 3.62. The fraction of sp³-hybridized carbons (Fsp3) is 0.611. The molecule has 1 aromatic rings. The van der Waals surface area contributed by atoms with Crippen LogP contribution >= 0.6 is 0 Å². The van der Waals surface area contributed by atoms with Gasteiger partial charge in [0.25, 0.3) is 0 Å². The van der Waals surface area contributed by atoms with E-state index in [0.717, 1.165) is 45.4 Å². The van der Waals surface area contributed by atoms with Crippen molar-refractivity contribution in [1.82, 2.24) is 10.2 Å². The highest BCUT2D eigenvalue weighted by Crippen LogP contribution is 2.16. The molecular formula is C18H26N2O3. The van der Waals surface area contributed by atoms with Gasteiger partial charge in [-0.2, -0.15) is 0 Å². The van der Waals surface area contributed by atoms with Crippen molar-refractivity contribution in [3.63, 3.8) is 0 Å². The topological polar surface area (TPSA) is 50.8 Å². The average molecular weight is 318 g/mol. The first-order valence-corrected chi connectivity index (χ1v) is 8.61. The Morgan fingerprint density at radius 1 is 1.22 bits per heavy atom. The molecule has 2 amide bonds. The number of hydrogen-bond donors (Lipinski definition) is 1. The number of benzene rings is 1. The summed E-state index contributed by atoms with van der Waals surface area (Å²) >= 11 is 0. The van der Waals surface area contributed by atoms with E-state index < -0.39 is 0 Å². The lowest BCUT2D eigenvalue weighted by molar-refractivity contribution is 0.00418. The Kier molecular flexibility index (Phi) is 5.88. The van der Waals surface area contributed by atoms with E-state index >= 15 is 0 Å². The third-order valence-corrected chi connectivity index (χ3v) is 4.56. The van der Waals surface area contributed by atoms with Crippen LogP contribution in [0.3, 0.4) is 0 Å². The Bertz CT molecular complexity index is 480. The van der Waals surface area contributed by atoms with Crippen molar-refractivity contribution in [3.05, 3.63) is 35.9 Å². The number of likely N-dealkylation sites (tertiary alicyclic amines) is 1. The Morgan fingerprint density at radius 2 is 2.00 bits per heavy atom. The van der Waals surface area contributed by atoms with Gasteiger partial charge in [0.15, 0.2) is 0 Å². The maximum absolute atomic E-state index is 12.2. The van der Waals surface area contributed by atoms with Gasteiger partial charge in [0.05, 0.1) is 18.8 Å². The largest absolute Gasteiger partial charge is 0.376 e. The maximum Gasteiger partial charge on any atom is 0.317 e. The average Bonchev–Trinajstić information content (AvgIpc) is 3.13. The third-order valence-electron chi connectivity index (χ3n) is 4.56. The van der Waals surface area contributed by atoms with E-state index in [-0.39, 0.29) is 18.2 Å². The molecule has 1 aromatic carbocycles. The normalized spacial score (nSPS) is 22.3. The highest BCUT2D eigenvalue weighted by molar-refractivity contribution is 5.74. The summed E-state index contributed by atoms with van der Waals surface area (Å²) in [4.78, 5) is 14.0. The Labute approximate surface area is 137 Å². The number of carbonyl (C=O) groups is 1. The lowest BCUT2D eigenvalue weighted by Crippen LogP contribution is -2.47. The number of carbonyl (C=O) groups excluding carboxylic acids is 1. The van der Waals surface area contributed by atoms with Crippen molar-refractivity contribution in [3.8, 4) is 0 Å². The van der Waals surface area contributed by atoms with E-state index in [1.165, 1.54) is 5.56 Å². The first kappa shape index (κ1) is 16.3. The zero-order valence-corrected chi connectivity index (χ0v) is 13.6. The van der Waals surface area contributed by atoms with Crippen LogP contribution in [0.25, 0.3) is 0 Å². The molecule has 3 rings (SSSR count). The van der Waals surface area contributed by atoms with Gasteiger partial charge in [0, 0.05) is 26.2 Å². The third kappa shape index (κ3) is 4.94. The van der Waals surface area contributed by atoms with Gasteiger partial charge in [0.1, 0.15) is 0 Å². The van der Waals surface area contributed by atoms with Gasteiger partial charge >= 0.3 is 6.03 Å². The minimum Gasteiger partial charge on any atom is -0.376 e. The highest BCUT2D eigenvalue weighted by atomic mass is 16.5. The molecule has 0 aromatic heterocycles. The molecule has 5 heteroatoms. The summed E-state index contributed by atoms with van der Waals surface area (Å²) in [5, 5.41) is 2.99. The second-order valence-electron chi connectivity index (χ2n) is 6.30. The molecular weight excluding hydrogens is 292 g/mol. The molecule has 2 heterocycles. The zero-order valence-electron chi connectivity index (χ0n) is 13.6. The van der Waals surface area contributed by atoms with Crippen molar-refractivity contribution in [2.24, 2.45) is 0 Å².